The van der Waals surface area contributed by atoms with E-state index in [9.17, 15) is 22.4 Å². The molecule has 3 aromatic carbocycles. The molecule has 0 aliphatic heterocycles. The molecule has 8 nitrogen and oxygen atoms in total. The number of ether oxygens (including phenoxy) is 1. The largest absolute Gasteiger partial charge is 0.495 e. The van der Waals surface area contributed by atoms with Gasteiger partial charge in [-0.3, -0.25) is 13.9 Å². The highest BCUT2D eigenvalue weighted by molar-refractivity contribution is 7.92. The Morgan fingerprint density at radius 3 is 2.12 bits per heavy atom. The number of nitrogens with one attached hydrogen (secondary N) is 1. The van der Waals surface area contributed by atoms with Crippen LogP contribution in [0.5, 0.6) is 5.75 Å². The van der Waals surface area contributed by atoms with E-state index in [1.165, 1.54) is 36.3 Å². The first-order valence-electron chi connectivity index (χ1n) is 14.0. The van der Waals surface area contributed by atoms with E-state index in [2.05, 4.69) is 5.32 Å². The second kappa shape index (κ2) is 14.3. The van der Waals surface area contributed by atoms with Crippen LogP contribution in [0.3, 0.4) is 0 Å². The van der Waals surface area contributed by atoms with Crippen molar-refractivity contribution in [3.8, 4) is 5.75 Å². The number of carbonyl (C=O) groups excluding carboxylic acids is 2. The summed E-state index contributed by atoms with van der Waals surface area (Å²) in [5.41, 5.74) is 2.45. The Morgan fingerprint density at radius 1 is 0.929 bits per heavy atom. The monoisotopic (exact) mass is 597 g/mol. The number of hydrogen-bond donors (Lipinski definition) is 1. The van der Waals surface area contributed by atoms with Crippen molar-refractivity contribution < 1.29 is 27.1 Å². The number of methoxy groups -OCH3 is 1. The van der Waals surface area contributed by atoms with Gasteiger partial charge in [-0.25, -0.2) is 12.8 Å². The molecule has 0 aliphatic rings. The second-order valence-corrected chi connectivity index (χ2v) is 12.3. The lowest BCUT2D eigenvalue weighted by molar-refractivity contribution is -0.140. The molecule has 0 aromatic heterocycles. The van der Waals surface area contributed by atoms with Crippen LogP contribution in [0.2, 0.25) is 0 Å². The number of hydrogen-bond acceptors (Lipinski definition) is 5. The van der Waals surface area contributed by atoms with Gasteiger partial charge in [0.1, 0.15) is 24.2 Å². The normalized spacial score (nSPS) is 12.7. The number of carbonyl (C=O) groups is 2. The number of nitrogens with zero attached hydrogens (tertiary/aromatic N) is 2. The molecule has 226 valence electrons. The fraction of sp³-hybridized carbons (Fsp3) is 0.375. The summed E-state index contributed by atoms with van der Waals surface area (Å²) in [7, 11) is -2.82. The fourth-order valence-corrected chi connectivity index (χ4v) is 5.91. The molecule has 2 amide bonds. The summed E-state index contributed by atoms with van der Waals surface area (Å²) < 4.78 is 48.4. The van der Waals surface area contributed by atoms with Gasteiger partial charge in [0.25, 0.3) is 10.0 Å². The van der Waals surface area contributed by atoms with Crippen LogP contribution in [0.4, 0.5) is 10.1 Å². The van der Waals surface area contributed by atoms with Crippen LogP contribution >= 0.6 is 0 Å². The van der Waals surface area contributed by atoms with Crippen LogP contribution in [0.25, 0.3) is 0 Å². The van der Waals surface area contributed by atoms with Crippen LogP contribution in [0.1, 0.15) is 50.3 Å². The third-order valence-electron chi connectivity index (χ3n) is 7.14. The Bertz CT molecular complexity index is 1480. The highest BCUT2D eigenvalue weighted by Gasteiger charge is 2.35. The van der Waals surface area contributed by atoms with Crippen molar-refractivity contribution in [2.24, 2.45) is 0 Å². The minimum absolute atomic E-state index is 0.0103. The number of halogens is 1. The smallest absolute Gasteiger partial charge is 0.264 e. The van der Waals surface area contributed by atoms with Gasteiger partial charge < -0.3 is 15.0 Å². The third kappa shape index (κ3) is 7.88. The van der Waals surface area contributed by atoms with Gasteiger partial charge in [-0.2, -0.15) is 0 Å². The summed E-state index contributed by atoms with van der Waals surface area (Å²) in [5.74, 6) is -1.09. The summed E-state index contributed by atoms with van der Waals surface area (Å²) in [6.45, 7) is 8.65. The zero-order valence-corrected chi connectivity index (χ0v) is 25.9. The van der Waals surface area contributed by atoms with Crippen LogP contribution in [0, 0.1) is 19.7 Å². The second-order valence-electron chi connectivity index (χ2n) is 10.4. The average Bonchev–Trinajstić information content (AvgIpc) is 2.96. The minimum Gasteiger partial charge on any atom is -0.495 e. The van der Waals surface area contributed by atoms with Crippen molar-refractivity contribution in [2.45, 2.75) is 71.0 Å². The van der Waals surface area contributed by atoms with E-state index in [1.54, 1.807) is 49.4 Å². The molecule has 0 saturated heterocycles. The molecular weight excluding hydrogens is 557 g/mol. The van der Waals surface area contributed by atoms with Crippen molar-refractivity contribution in [1.29, 1.82) is 0 Å². The average molecular weight is 598 g/mol. The highest BCUT2D eigenvalue weighted by Crippen LogP contribution is 2.34. The number of aryl methyl sites for hydroxylation is 2. The summed E-state index contributed by atoms with van der Waals surface area (Å²) >= 11 is 0. The van der Waals surface area contributed by atoms with Gasteiger partial charge >= 0.3 is 0 Å². The first-order valence-corrected chi connectivity index (χ1v) is 15.4. The molecule has 3 rings (SSSR count). The predicted octanol–water partition coefficient (Wildman–Crippen LogP) is 5.37. The molecule has 1 N–H and O–H groups in total. The van der Waals surface area contributed by atoms with Crippen LogP contribution in [-0.2, 0) is 26.2 Å². The van der Waals surface area contributed by atoms with Crippen molar-refractivity contribution in [3.05, 3.63) is 89.2 Å². The van der Waals surface area contributed by atoms with Crippen molar-refractivity contribution in [1.82, 2.24) is 10.2 Å². The zero-order chi connectivity index (χ0) is 31.0. The van der Waals surface area contributed by atoms with E-state index in [0.717, 1.165) is 15.4 Å². The highest BCUT2D eigenvalue weighted by atomic mass is 32.2. The van der Waals surface area contributed by atoms with Crippen LogP contribution < -0.4 is 14.4 Å². The molecule has 0 bridgehead atoms. The molecule has 0 spiro atoms. The van der Waals surface area contributed by atoms with Crippen molar-refractivity contribution in [2.75, 3.05) is 18.0 Å². The lowest BCUT2D eigenvalue weighted by Crippen LogP contribution is -2.53. The maximum atomic E-state index is 14.2. The first-order chi connectivity index (χ1) is 19.9. The topological polar surface area (TPSA) is 96.0 Å². The lowest BCUT2D eigenvalue weighted by Gasteiger charge is -2.34. The molecule has 0 aliphatic carbocycles. The molecule has 2 atom stereocenters. The Morgan fingerprint density at radius 2 is 1.55 bits per heavy atom. The van der Waals surface area contributed by atoms with Crippen LogP contribution in [0.15, 0.2) is 71.6 Å². The number of rotatable bonds is 13. The number of benzene rings is 3. The minimum atomic E-state index is -4.25. The van der Waals surface area contributed by atoms with Gasteiger partial charge in [-0.1, -0.05) is 49.7 Å². The zero-order valence-electron chi connectivity index (χ0n) is 25.1. The predicted molar refractivity (Wildman–Crippen MR) is 162 cm³/mol. The maximum absolute atomic E-state index is 14.2. The molecule has 3 aromatic rings. The van der Waals surface area contributed by atoms with Crippen molar-refractivity contribution >= 4 is 27.5 Å². The van der Waals surface area contributed by atoms with Crippen LogP contribution in [-0.4, -0.2) is 50.9 Å². The van der Waals surface area contributed by atoms with E-state index in [0.29, 0.717) is 12.0 Å². The number of amides is 2. The van der Waals surface area contributed by atoms with E-state index >= 15 is 0 Å². The standard InChI is InChI=1S/C32H40FN3O5S/c1-7-24(5)34-32(38)28(8-2)35(20-25-12-14-26(33)15-13-25)31(37)21-36(29-19-23(4)11-18-30(29)41-6)42(39,40)27-16-9-22(3)10-17-27/h9-19,24,28H,7-8,20-21H2,1-6H3,(H,34,38). The molecule has 0 heterocycles. The van der Waals surface area contributed by atoms with Crippen molar-refractivity contribution in [3.63, 3.8) is 0 Å². The van der Waals surface area contributed by atoms with Gasteiger partial charge in [0, 0.05) is 12.6 Å². The molecule has 2 unspecified atom stereocenters. The van der Waals surface area contributed by atoms with E-state index in [1.807, 2.05) is 27.7 Å². The van der Waals surface area contributed by atoms with Gasteiger partial charge in [-0.05, 0) is 81.1 Å². The van der Waals surface area contributed by atoms with E-state index < -0.39 is 34.3 Å². The number of sulfonamides is 1. The Kier molecular flexibility index (Phi) is 11.1. The Labute approximate surface area is 248 Å². The summed E-state index contributed by atoms with van der Waals surface area (Å²) in [6.07, 6.45) is 0.984. The van der Waals surface area contributed by atoms with Gasteiger partial charge in [0.2, 0.25) is 11.8 Å². The summed E-state index contributed by atoms with van der Waals surface area (Å²) in [5, 5.41) is 2.94. The summed E-state index contributed by atoms with van der Waals surface area (Å²) in [4.78, 5) is 28.9. The first kappa shape index (κ1) is 32.6. The molecule has 42 heavy (non-hydrogen) atoms. The van der Waals surface area contributed by atoms with Gasteiger partial charge in [0.15, 0.2) is 0 Å². The quantitative estimate of drug-likeness (QED) is 0.286. The fourth-order valence-electron chi connectivity index (χ4n) is 4.49. The molecule has 0 fully saturated rings. The van der Waals surface area contributed by atoms with Gasteiger partial charge in [-0.15, -0.1) is 0 Å². The Balaban J connectivity index is 2.12. The molecular formula is C32H40FN3O5S. The SMILES string of the molecule is CCC(C)NC(=O)C(CC)N(Cc1ccc(F)cc1)C(=O)CN(c1cc(C)ccc1OC)S(=O)(=O)c1ccc(C)cc1. The summed E-state index contributed by atoms with van der Waals surface area (Å²) in [6, 6.07) is 16.1. The Hall–Kier alpha value is -3.92. The number of anilines is 1. The molecule has 10 heteroatoms. The lowest BCUT2D eigenvalue weighted by atomic mass is 10.1. The van der Waals surface area contributed by atoms with Gasteiger partial charge in [0.05, 0.1) is 17.7 Å². The van der Waals surface area contributed by atoms with E-state index in [-0.39, 0.29) is 41.2 Å². The maximum Gasteiger partial charge on any atom is 0.264 e. The molecule has 0 radical (unpaired) electrons. The third-order valence-corrected chi connectivity index (χ3v) is 8.92. The van der Waals surface area contributed by atoms with E-state index in [4.69, 9.17) is 4.74 Å². The molecule has 0 saturated carbocycles.